The van der Waals surface area contributed by atoms with Crippen LogP contribution < -0.4 is 10.6 Å². The van der Waals surface area contributed by atoms with Crippen LogP contribution in [-0.2, 0) is 17.6 Å². The molecule has 82 heavy (non-hydrogen) atoms. The maximum atomic E-state index is 13.8. The summed E-state index contributed by atoms with van der Waals surface area (Å²) in [5.41, 5.74) is 7.46. The van der Waals surface area contributed by atoms with Gasteiger partial charge < -0.3 is 20.5 Å². The number of ether oxygens (including phenoxy) is 1. The molecule has 10 rings (SSSR count). The molecule has 3 N–H and O–H groups in total. The number of aromatic nitrogens is 8. The van der Waals surface area contributed by atoms with Crippen LogP contribution in [0.2, 0.25) is 0 Å². The fourth-order valence-corrected chi connectivity index (χ4v) is 9.66. The van der Waals surface area contributed by atoms with Crippen LogP contribution in [0.25, 0.3) is 21.8 Å². The third-order valence-corrected chi connectivity index (χ3v) is 14.2. The van der Waals surface area contributed by atoms with Crippen LogP contribution in [0.3, 0.4) is 0 Å². The number of halogens is 3. The van der Waals surface area contributed by atoms with Crippen LogP contribution in [-0.4, -0.2) is 77.1 Å². The summed E-state index contributed by atoms with van der Waals surface area (Å²) in [6.07, 6.45) is 14.4. The summed E-state index contributed by atoms with van der Waals surface area (Å²) >= 11 is 3.66. The highest BCUT2D eigenvalue weighted by atomic mass is 79.9. The molecule has 0 radical (unpaired) electrons. The van der Waals surface area contributed by atoms with E-state index in [1.54, 1.807) is 47.4 Å². The standard InChI is InChI=1S/C30H31FN6O.C28H28BrFN6.C6H12O2/c1-18(38)24-11-19(13-26-28(34-17-30(2,3)4)21(14-32)15-33-29(24)26)12-25(20-5-7-22(31)8-6-20)27-16-37(36-35-27)23-9-10-23;1-28(2,3)16-33-26-19(13-31)14-32-27-23(26)11-17(12-24(27)29)10-22(18-4-6-20(30)7-5-18)25-15-36(35-34-25)21-8-9-21;1-2-8-6-4-3-5-7/h5-8,11,13,15-16,23,25H,9-10,12,17H2,1-4H3,(H,33,34);4-7,11-12,14-15,21-22H,8-10,16H2,1-3H3,(H,32,33);2,7H,1,3-6H2/t25-;22-;/m11./s1/i25D;22D;. The van der Waals surface area contributed by atoms with Crippen LogP contribution in [0.5, 0.6) is 0 Å². The van der Waals surface area contributed by atoms with Crippen molar-refractivity contribution in [2.24, 2.45) is 10.8 Å². The molecule has 2 aliphatic rings. The number of aliphatic hydroxyl groups is 1. The van der Waals surface area contributed by atoms with Gasteiger partial charge in [-0.2, -0.15) is 10.5 Å². The van der Waals surface area contributed by atoms with Crippen LogP contribution >= 0.6 is 15.9 Å². The fourth-order valence-electron chi connectivity index (χ4n) is 9.05. The van der Waals surface area contributed by atoms with Gasteiger partial charge in [0, 0.05) is 79.8 Å². The van der Waals surface area contributed by atoms with Gasteiger partial charge >= 0.3 is 0 Å². The van der Waals surface area contributed by atoms with E-state index in [0.29, 0.717) is 93.1 Å². The Morgan fingerprint density at radius 3 is 1.63 bits per heavy atom. The Balaban J connectivity index is 0.000000194. The molecule has 0 aliphatic heterocycles. The number of nitriles is 2. The predicted molar refractivity (Wildman–Crippen MR) is 319 cm³/mol. The largest absolute Gasteiger partial charge is 0.502 e. The normalized spacial score (nSPS) is 15.0. The number of benzene rings is 4. The summed E-state index contributed by atoms with van der Waals surface area (Å²) in [5.74, 6) is -3.62. The third kappa shape index (κ3) is 16.0. The maximum absolute atomic E-state index is 13.8. The minimum absolute atomic E-state index is 0.00343. The van der Waals surface area contributed by atoms with Crippen LogP contribution in [0.1, 0.15) is 169 Å². The van der Waals surface area contributed by atoms with Gasteiger partial charge in [-0.3, -0.25) is 14.8 Å². The number of rotatable bonds is 20. The second-order valence-electron chi connectivity index (χ2n) is 23.1. The zero-order valence-electron chi connectivity index (χ0n) is 49.5. The first-order chi connectivity index (χ1) is 40.0. The molecule has 0 bridgehead atoms. The average Bonchev–Trinajstić information content (AvgIpc) is 3.02. The van der Waals surface area contributed by atoms with Crippen LogP contribution in [0.4, 0.5) is 20.2 Å². The molecule has 15 nitrogen and oxygen atoms in total. The molecule has 2 aliphatic carbocycles. The van der Waals surface area contributed by atoms with Gasteiger partial charge in [0.05, 0.1) is 69.9 Å². The van der Waals surface area contributed by atoms with E-state index in [1.807, 2.05) is 29.1 Å². The zero-order chi connectivity index (χ0) is 60.6. The number of ketones is 1. The van der Waals surface area contributed by atoms with E-state index in [4.69, 9.17) is 9.84 Å². The van der Waals surface area contributed by atoms with Crippen molar-refractivity contribution in [2.45, 2.75) is 124 Å². The number of anilines is 2. The molecule has 4 aromatic carbocycles. The Labute approximate surface area is 489 Å². The summed E-state index contributed by atoms with van der Waals surface area (Å²) < 4.78 is 56.1. The monoisotopic (exact) mass is 1170 g/mol. The lowest BCUT2D eigenvalue weighted by Crippen LogP contribution is -2.20. The molecule has 0 unspecified atom stereocenters. The summed E-state index contributed by atoms with van der Waals surface area (Å²) in [6, 6.07) is 24.6. The van der Waals surface area contributed by atoms with Crippen molar-refractivity contribution in [3.05, 3.63) is 177 Å². The fraction of sp³-hybridized carbons (Fsp3) is 0.391. The van der Waals surface area contributed by atoms with Crippen molar-refractivity contribution in [3.8, 4) is 12.1 Å². The summed E-state index contributed by atoms with van der Waals surface area (Å²) in [4.78, 5) is 21.8. The first-order valence-electron chi connectivity index (χ1n) is 28.5. The van der Waals surface area contributed by atoms with Crippen LogP contribution in [0, 0.1) is 45.1 Å². The van der Waals surface area contributed by atoms with Gasteiger partial charge in [0.1, 0.15) is 23.8 Å². The van der Waals surface area contributed by atoms with Crippen molar-refractivity contribution >= 4 is 54.9 Å². The van der Waals surface area contributed by atoms with Gasteiger partial charge in [0.15, 0.2) is 5.78 Å². The highest BCUT2D eigenvalue weighted by molar-refractivity contribution is 9.10. The Morgan fingerprint density at radius 1 is 0.768 bits per heavy atom. The Bertz CT molecular complexity index is 3730. The van der Waals surface area contributed by atoms with E-state index in [2.05, 4.69) is 117 Å². The lowest BCUT2D eigenvalue weighted by atomic mass is 9.87. The Morgan fingerprint density at radius 2 is 1.22 bits per heavy atom. The predicted octanol–water partition coefficient (Wildman–Crippen LogP) is 13.9. The minimum atomic E-state index is -1.40. The second kappa shape index (κ2) is 26.8. The van der Waals surface area contributed by atoms with Gasteiger partial charge in [0.25, 0.3) is 0 Å². The first-order valence-corrected chi connectivity index (χ1v) is 28.3. The number of Topliss-reactive ketones (excluding diaryl/α,β-unsaturated/α-hetero) is 1. The zero-order valence-corrected chi connectivity index (χ0v) is 49.1. The number of pyridine rings is 2. The van der Waals surface area contributed by atoms with Crippen molar-refractivity contribution in [2.75, 3.05) is 36.9 Å². The smallest absolute Gasteiger partial charge is 0.162 e. The Hall–Kier alpha value is -7.93. The topological polar surface area (TPSA) is 205 Å². The molecule has 2 saturated carbocycles. The number of unbranched alkanes of at least 4 members (excludes halogenated alkanes) is 1. The Kier molecular flexibility index (Phi) is 18.7. The van der Waals surface area contributed by atoms with E-state index >= 15 is 0 Å². The molecule has 18 heteroatoms. The van der Waals surface area contributed by atoms with Gasteiger partial charge in [-0.05, 0) is 156 Å². The third-order valence-electron chi connectivity index (χ3n) is 13.6. The maximum Gasteiger partial charge on any atom is 0.162 e. The van der Waals surface area contributed by atoms with Crippen molar-refractivity contribution in [3.63, 3.8) is 0 Å². The number of carbonyl (C=O) groups is 1. The van der Waals surface area contributed by atoms with Crippen molar-refractivity contribution in [1.82, 2.24) is 40.0 Å². The number of hydrogen-bond donors (Lipinski definition) is 3. The van der Waals surface area contributed by atoms with E-state index < -0.39 is 17.6 Å². The molecule has 4 heterocycles. The van der Waals surface area contributed by atoms with Crippen LogP contribution in [0.15, 0.2) is 115 Å². The SMILES string of the molecule is C=COCCCCO.[2H][C@@](Cc1cc(Br)c2ncc(C#N)c(NCC(C)(C)C)c2c1)(c1ccc(F)cc1)c1cn(C2CC2)nn1.[2H][C@@](Cc1cc(C(C)=O)c2ncc(C#N)c(NCC(C)(C)C)c2c1)(c1ccc(F)cc1)c1cn(C2CC2)nn1. The first kappa shape index (κ1) is 57.3. The number of carbonyl (C=O) groups excluding carboxylic acids is 1. The molecule has 2 fully saturated rings. The van der Waals surface area contributed by atoms with Gasteiger partial charge in [-0.25, -0.2) is 18.1 Å². The quantitative estimate of drug-likeness (QED) is 0.0369. The number of fused-ring (bicyclic) bond motifs is 2. The van der Waals surface area contributed by atoms with Crippen molar-refractivity contribution < 1.29 is 26.2 Å². The van der Waals surface area contributed by atoms with Gasteiger partial charge in [0.2, 0.25) is 0 Å². The van der Waals surface area contributed by atoms with E-state index in [9.17, 15) is 26.8 Å². The minimum Gasteiger partial charge on any atom is -0.502 e. The summed E-state index contributed by atoms with van der Waals surface area (Å²) in [6.45, 7) is 19.7. The number of nitrogens with one attached hydrogen (secondary N) is 2. The van der Waals surface area contributed by atoms with Gasteiger partial charge in [-0.15, -0.1) is 10.2 Å². The number of nitrogens with zero attached hydrogens (tertiary/aromatic N) is 10. The molecule has 8 aromatic rings. The lowest BCUT2D eigenvalue weighted by Gasteiger charge is -2.22. The number of aliphatic hydroxyl groups excluding tert-OH is 1. The van der Waals surface area contributed by atoms with Gasteiger partial charge in [-0.1, -0.05) is 82.8 Å². The second-order valence-corrected chi connectivity index (χ2v) is 24.0. The van der Waals surface area contributed by atoms with E-state index in [0.717, 1.165) is 65.2 Å². The lowest BCUT2D eigenvalue weighted by molar-refractivity contribution is 0.101. The molecule has 2 atom stereocenters. The number of hydrogen-bond acceptors (Lipinski definition) is 13. The van der Waals surface area contributed by atoms with E-state index in [1.165, 1.54) is 43.6 Å². The molecule has 0 saturated heterocycles. The highest BCUT2D eigenvalue weighted by Gasteiger charge is 2.30. The molecular weight excluding hydrogens is 1100 g/mol. The molecule has 426 valence electrons. The summed E-state index contributed by atoms with van der Waals surface area (Å²) in [5, 5.41) is 53.5. The van der Waals surface area contributed by atoms with Crippen molar-refractivity contribution in [1.29, 1.82) is 10.5 Å². The van der Waals surface area contributed by atoms with E-state index in [-0.39, 0.29) is 41.9 Å². The molecule has 0 amide bonds. The molecule has 4 aromatic heterocycles. The summed E-state index contributed by atoms with van der Waals surface area (Å²) in [7, 11) is 0. The highest BCUT2D eigenvalue weighted by Crippen LogP contribution is 2.40. The molecular formula is C64H71BrF2N12O3. The molecule has 0 spiro atoms. The average molecular weight is 1180 g/mol.